The van der Waals surface area contributed by atoms with Gasteiger partial charge in [-0.15, -0.1) is 0 Å². The van der Waals surface area contributed by atoms with Crippen molar-refractivity contribution in [2.24, 2.45) is 0 Å². The summed E-state index contributed by atoms with van der Waals surface area (Å²) < 4.78 is 22.2. The van der Waals surface area contributed by atoms with Crippen molar-refractivity contribution in [3.8, 4) is 0 Å². The van der Waals surface area contributed by atoms with Gasteiger partial charge in [-0.3, -0.25) is 0 Å². The lowest BCUT2D eigenvalue weighted by Crippen LogP contribution is -2.32. The fourth-order valence-electron chi connectivity index (χ4n) is 1.49. The van der Waals surface area contributed by atoms with Gasteiger partial charge in [-0.1, -0.05) is 29.3 Å². The van der Waals surface area contributed by atoms with Crippen LogP contribution < -0.4 is 5.32 Å². The van der Waals surface area contributed by atoms with Crippen molar-refractivity contribution >= 4 is 33.0 Å². The van der Waals surface area contributed by atoms with Gasteiger partial charge in [0.15, 0.2) is 0 Å². The zero-order valence-corrected chi connectivity index (χ0v) is 12.0. The van der Waals surface area contributed by atoms with Gasteiger partial charge < -0.3 is 5.32 Å². The lowest BCUT2D eigenvalue weighted by molar-refractivity contribution is 0.560. The van der Waals surface area contributed by atoms with E-state index in [1.807, 2.05) is 6.92 Å². The van der Waals surface area contributed by atoms with Gasteiger partial charge in [-0.25, -0.2) is 8.42 Å². The highest BCUT2D eigenvalue weighted by Crippen LogP contribution is 2.23. The summed E-state index contributed by atoms with van der Waals surface area (Å²) in [6.07, 6.45) is 1.22. The molecule has 0 spiro atoms. The molecule has 96 valence electrons. The predicted octanol–water partition coefficient (Wildman–Crippen LogP) is 2.52. The largest absolute Gasteiger partial charge is 0.309 e. The first-order valence-electron chi connectivity index (χ1n) is 5.13. The Labute approximate surface area is 112 Å². The van der Waals surface area contributed by atoms with Crippen LogP contribution in [0.3, 0.4) is 0 Å². The number of nitrogens with one attached hydrogen (secondary N) is 1. The van der Waals surface area contributed by atoms with Crippen molar-refractivity contribution in [2.75, 3.05) is 12.0 Å². The van der Waals surface area contributed by atoms with Crippen molar-refractivity contribution in [1.29, 1.82) is 0 Å². The van der Waals surface area contributed by atoms with Gasteiger partial charge in [0, 0.05) is 34.5 Å². The molecule has 0 aromatic heterocycles. The summed E-state index contributed by atoms with van der Waals surface area (Å²) in [6.45, 7) is 2.26. The Balaban J connectivity index is 2.62. The van der Waals surface area contributed by atoms with Crippen LogP contribution in [-0.4, -0.2) is 26.5 Å². The smallest absolute Gasteiger partial charge is 0.148 e. The van der Waals surface area contributed by atoms with Crippen molar-refractivity contribution in [3.63, 3.8) is 0 Å². The van der Waals surface area contributed by atoms with Crippen LogP contribution in [0, 0.1) is 0 Å². The van der Waals surface area contributed by atoms with E-state index in [2.05, 4.69) is 5.32 Å². The number of sulfone groups is 1. The molecule has 1 atom stereocenters. The van der Waals surface area contributed by atoms with Gasteiger partial charge in [-0.05, 0) is 19.1 Å². The third-order valence-corrected chi connectivity index (χ3v) is 4.06. The average molecular weight is 296 g/mol. The van der Waals surface area contributed by atoms with Crippen LogP contribution in [0.1, 0.15) is 12.5 Å². The zero-order chi connectivity index (χ0) is 13.1. The molecule has 0 aliphatic rings. The number of benzene rings is 1. The van der Waals surface area contributed by atoms with Crippen LogP contribution in [0.25, 0.3) is 0 Å². The molecule has 0 aliphatic heterocycles. The molecule has 0 radical (unpaired) electrons. The van der Waals surface area contributed by atoms with E-state index in [-0.39, 0.29) is 11.8 Å². The van der Waals surface area contributed by atoms with Gasteiger partial charge in [0.25, 0.3) is 0 Å². The number of rotatable bonds is 5. The van der Waals surface area contributed by atoms with E-state index in [1.54, 1.807) is 18.2 Å². The van der Waals surface area contributed by atoms with Gasteiger partial charge in [0.1, 0.15) is 9.84 Å². The van der Waals surface area contributed by atoms with Crippen LogP contribution in [0.2, 0.25) is 10.0 Å². The summed E-state index contributed by atoms with van der Waals surface area (Å²) in [5, 5.41) is 4.25. The third kappa shape index (κ3) is 5.25. The van der Waals surface area contributed by atoms with Crippen LogP contribution in [0.5, 0.6) is 0 Å². The fraction of sp³-hybridized carbons (Fsp3) is 0.455. The van der Waals surface area contributed by atoms with E-state index < -0.39 is 9.84 Å². The second-order valence-electron chi connectivity index (χ2n) is 4.07. The van der Waals surface area contributed by atoms with E-state index in [0.717, 1.165) is 5.56 Å². The predicted molar refractivity (Wildman–Crippen MR) is 72.5 cm³/mol. The summed E-state index contributed by atoms with van der Waals surface area (Å²) in [7, 11) is -2.98. The maximum atomic E-state index is 11.1. The topological polar surface area (TPSA) is 46.2 Å². The third-order valence-electron chi connectivity index (χ3n) is 2.24. The molecule has 1 aromatic carbocycles. The summed E-state index contributed by atoms with van der Waals surface area (Å²) in [4.78, 5) is 0. The Bertz CT molecular complexity index is 468. The SMILES string of the molecule is CC(CS(C)(=O)=O)NCc1c(Cl)cccc1Cl. The van der Waals surface area contributed by atoms with Crippen LogP contribution in [-0.2, 0) is 16.4 Å². The Morgan fingerprint density at radius 2 is 1.82 bits per heavy atom. The number of hydrogen-bond acceptors (Lipinski definition) is 3. The molecule has 1 aromatic rings. The molecule has 0 saturated carbocycles. The highest BCUT2D eigenvalue weighted by molar-refractivity contribution is 7.90. The minimum absolute atomic E-state index is 0.0923. The standard InChI is InChI=1S/C11H15Cl2NO2S/c1-8(7-17(2,15)16)14-6-9-10(12)4-3-5-11(9)13/h3-5,8,14H,6-7H2,1-2H3. The van der Waals surface area contributed by atoms with E-state index in [1.165, 1.54) is 6.26 Å². The normalized spacial score (nSPS) is 13.6. The lowest BCUT2D eigenvalue weighted by atomic mass is 10.2. The zero-order valence-electron chi connectivity index (χ0n) is 9.70. The molecule has 0 saturated heterocycles. The van der Waals surface area contributed by atoms with Crippen molar-refractivity contribution < 1.29 is 8.42 Å². The second kappa shape index (κ2) is 6.05. The Hall–Kier alpha value is -0.290. The molecule has 1 rings (SSSR count). The molecular weight excluding hydrogens is 281 g/mol. The highest BCUT2D eigenvalue weighted by atomic mass is 35.5. The Morgan fingerprint density at radius 1 is 1.29 bits per heavy atom. The maximum absolute atomic E-state index is 11.1. The van der Waals surface area contributed by atoms with Gasteiger partial charge >= 0.3 is 0 Å². The first-order valence-corrected chi connectivity index (χ1v) is 7.95. The molecule has 0 aliphatic carbocycles. The number of halogens is 2. The molecule has 0 amide bonds. The van der Waals surface area contributed by atoms with Crippen molar-refractivity contribution in [2.45, 2.75) is 19.5 Å². The summed E-state index contributed by atoms with van der Waals surface area (Å²) in [6, 6.07) is 5.14. The summed E-state index contributed by atoms with van der Waals surface area (Å²) >= 11 is 12.0. The minimum atomic E-state index is -2.98. The Morgan fingerprint density at radius 3 is 2.29 bits per heavy atom. The molecule has 0 heterocycles. The lowest BCUT2D eigenvalue weighted by Gasteiger charge is -2.14. The number of hydrogen-bond donors (Lipinski definition) is 1. The first kappa shape index (κ1) is 14.8. The van der Waals surface area contributed by atoms with Gasteiger partial charge in [0.2, 0.25) is 0 Å². The summed E-state index contributed by atoms with van der Waals surface area (Å²) in [5.41, 5.74) is 0.788. The van der Waals surface area contributed by atoms with Crippen LogP contribution >= 0.6 is 23.2 Å². The van der Waals surface area contributed by atoms with Crippen molar-refractivity contribution in [3.05, 3.63) is 33.8 Å². The second-order valence-corrected chi connectivity index (χ2v) is 7.07. The molecule has 3 nitrogen and oxygen atoms in total. The maximum Gasteiger partial charge on any atom is 0.148 e. The van der Waals surface area contributed by atoms with E-state index in [0.29, 0.717) is 16.6 Å². The molecule has 0 fully saturated rings. The van der Waals surface area contributed by atoms with E-state index in [4.69, 9.17) is 23.2 Å². The molecule has 1 N–H and O–H groups in total. The average Bonchev–Trinajstić information content (AvgIpc) is 2.14. The summed E-state index contributed by atoms with van der Waals surface area (Å²) in [5.74, 6) is 0.0923. The van der Waals surface area contributed by atoms with E-state index in [9.17, 15) is 8.42 Å². The molecule has 0 bridgehead atoms. The molecule has 1 unspecified atom stereocenters. The molecule has 6 heteroatoms. The van der Waals surface area contributed by atoms with Crippen molar-refractivity contribution in [1.82, 2.24) is 5.32 Å². The quantitative estimate of drug-likeness (QED) is 0.908. The first-order chi connectivity index (χ1) is 7.79. The van der Waals surface area contributed by atoms with Crippen LogP contribution in [0.4, 0.5) is 0 Å². The minimum Gasteiger partial charge on any atom is -0.309 e. The monoisotopic (exact) mass is 295 g/mol. The van der Waals surface area contributed by atoms with Gasteiger partial charge in [-0.2, -0.15) is 0 Å². The van der Waals surface area contributed by atoms with Gasteiger partial charge in [0.05, 0.1) is 5.75 Å². The Kier molecular flexibility index (Phi) is 5.25. The van der Waals surface area contributed by atoms with E-state index >= 15 is 0 Å². The highest BCUT2D eigenvalue weighted by Gasteiger charge is 2.11. The van der Waals surface area contributed by atoms with Crippen LogP contribution in [0.15, 0.2) is 18.2 Å². The fourth-order valence-corrected chi connectivity index (χ4v) is 3.05. The molecular formula is C11H15Cl2NO2S. The molecule has 17 heavy (non-hydrogen) atoms.